The van der Waals surface area contributed by atoms with E-state index < -0.39 is 27.6 Å². The third-order valence-corrected chi connectivity index (χ3v) is 5.33. The number of anilines is 2. The van der Waals surface area contributed by atoms with Crippen LogP contribution in [0.15, 0.2) is 71.6 Å². The van der Waals surface area contributed by atoms with Crippen LogP contribution in [0.4, 0.5) is 20.2 Å². The number of nitrogens with one attached hydrogen (secondary N) is 2. The minimum atomic E-state index is -4.09. The van der Waals surface area contributed by atoms with Crippen molar-refractivity contribution in [1.29, 1.82) is 0 Å². The second-order valence-electron chi connectivity index (χ2n) is 5.72. The van der Waals surface area contributed by atoms with Crippen LogP contribution in [0.3, 0.4) is 0 Å². The first kappa shape index (κ1) is 19.8. The number of hydrogen-bond acceptors (Lipinski definition) is 3. The first-order valence-corrected chi connectivity index (χ1v) is 9.75. The van der Waals surface area contributed by atoms with Gasteiger partial charge in [0.2, 0.25) is 0 Å². The maximum atomic E-state index is 14.3. The van der Waals surface area contributed by atoms with Gasteiger partial charge in [-0.2, -0.15) is 0 Å². The predicted octanol–water partition coefficient (Wildman–Crippen LogP) is 4.67. The molecule has 0 aromatic heterocycles. The van der Waals surface area contributed by atoms with Crippen molar-refractivity contribution in [1.82, 2.24) is 0 Å². The highest BCUT2D eigenvalue weighted by atomic mass is 35.5. The lowest BCUT2D eigenvalue weighted by Gasteiger charge is -2.11. The van der Waals surface area contributed by atoms with E-state index in [0.29, 0.717) is 5.02 Å². The Labute approximate surface area is 165 Å². The zero-order valence-corrected chi connectivity index (χ0v) is 15.7. The van der Waals surface area contributed by atoms with E-state index in [0.717, 1.165) is 30.3 Å². The molecule has 0 bridgehead atoms. The highest BCUT2D eigenvalue weighted by molar-refractivity contribution is 7.92. The molecule has 3 aromatic rings. The van der Waals surface area contributed by atoms with Gasteiger partial charge in [0, 0.05) is 16.3 Å². The second kappa shape index (κ2) is 7.95. The lowest BCUT2D eigenvalue weighted by molar-refractivity contribution is 0.102. The van der Waals surface area contributed by atoms with Crippen molar-refractivity contribution < 1.29 is 22.0 Å². The number of rotatable bonds is 5. The second-order valence-corrected chi connectivity index (χ2v) is 7.83. The minimum absolute atomic E-state index is 0.127. The van der Waals surface area contributed by atoms with Crippen molar-refractivity contribution in [2.24, 2.45) is 0 Å². The molecule has 0 saturated carbocycles. The lowest BCUT2D eigenvalue weighted by Crippen LogP contribution is -2.15. The quantitative estimate of drug-likeness (QED) is 0.627. The van der Waals surface area contributed by atoms with E-state index in [9.17, 15) is 22.0 Å². The van der Waals surface area contributed by atoms with Gasteiger partial charge in [-0.3, -0.25) is 9.52 Å². The number of amides is 1. The van der Waals surface area contributed by atoms with Crippen LogP contribution in [0.2, 0.25) is 5.02 Å². The summed E-state index contributed by atoms with van der Waals surface area (Å²) in [6, 6.07) is 13.7. The molecule has 0 spiro atoms. The van der Waals surface area contributed by atoms with Crippen LogP contribution in [-0.2, 0) is 10.0 Å². The zero-order valence-electron chi connectivity index (χ0n) is 14.1. The molecule has 0 aliphatic carbocycles. The fraction of sp³-hybridized carbons (Fsp3) is 0. The third kappa shape index (κ3) is 4.65. The Morgan fingerprint density at radius 3 is 2.14 bits per heavy atom. The Hall–Kier alpha value is -2.97. The Kier molecular flexibility index (Phi) is 5.62. The summed E-state index contributed by atoms with van der Waals surface area (Å²) in [6.45, 7) is 0. The van der Waals surface area contributed by atoms with Crippen molar-refractivity contribution in [2.75, 3.05) is 10.0 Å². The van der Waals surface area contributed by atoms with Gasteiger partial charge >= 0.3 is 0 Å². The van der Waals surface area contributed by atoms with Crippen LogP contribution in [0, 0.1) is 11.6 Å². The van der Waals surface area contributed by atoms with Gasteiger partial charge < -0.3 is 5.32 Å². The topological polar surface area (TPSA) is 75.3 Å². The zero-order chi connectivity index (χ0) is 20.3. The molecule has 0 unspecified atom stereocenters. The van der Waals surface area contributed by atoms with Crippen LogP contribution in [-0.4, -0.2) is 14.3 Å². The van der Waals surface area contributed by atoms with E-state index in [1.807, 2.05) is 0 Å². The minimum Gasteiger partial charge on any atom is -0.319 e. The number of carbonyl (C=O) groups excluding carboxylic acids is 1. The normalized spacial score (nSPS) is 11.1. The molecule has 9 heteroatoms. The number of benzene rings is 3. The van der Waals surface area contributed by atoms with Crippen molar-refractivity contribution in [3.63, 3.8) is 0 Å². The molecular weight excluding hydrogens is 410 g/mol. The molecule has 1 amide bonds. The average molecular weight is 423 g/mol. The summed E-state index contributed by atoms with van der Waals surface area (Å²) < 4.78 is 54.2. The van der Waals surface area contributed by atoms with Crippen LogP contribution < -0.4 is 10.0 Å². The summed E-state index contributed by atoms with van der Waals surface area (Å²) in [7, 11) is -4.09. The molecule has 0 radical (unpaired) electrons. The molecule has 0 aliphatic rings. The molecule has 5 nitrogen and oxygen atoms in total. The summed E-state index contributed by atoms with van der Waals surface area (Å²) in [5.74, 6) is -2.02. The van der Waals surface area contributed by atoms with Crippen LogP contribution in [0.1, 0.15) is 10.4 Å². The summed E-state index contributed by atoms with van der Waals surface area (Å²) in [4.78, 5) is 11.8. The number of hydrogen-bond donors (Lipinski definition) is 2. The summed E-state index contributed by atoms with van der Waals surface area (Å²) in [5, 5.41) is 2.82. The SMILES string of the molecule is O=C(Nc1ccc(S(=O)(=O)Nc2ccc(F)cc2)cc1F)c1ccc(Cl)cc1. The Balaban J connectivity index is 1.78. The molecule has 0 atom stereocenters. The van der Waals surface area contributed by atoms with Gasteiger partial charge in [0.25, 0.3) is 15.9 Å². The van der Waals surface area contributed by atoms with E-state index in [1.165, 1.54) is 36.4 Å². The number of carbonyl (C=O) groups is 1. The Bertz CT molecular complexity index is 1120. The van der Waals surface area contributed by atoms with Gasteiger partial charge in [-0.05, 0) is 66.7 Å². The van der Waals surface area contributed by atoms with E-state index in [4.69, 9.17) is 11.6 Å². The number of sulfonamides is 1. The van der Waals surface area contributed by atoms with Gasteiger partial charge in [-0.1, -0.05) is 11.6 Å². The molecule has 0 aliphatic heterocycles. The van der Waals surface area contributed by atoms with Gasteiger partial charge in [0.1, 0.15) is 11.6 Å². The van der Waals surface area contributed by atoms with E-state index in [2.05, 4.69) is 10.0 Å². The summed E-state index contributed by atoms with van der Waals surface area (Å²) >= 11 is 5.75. The molecule has 3 aromatic carbocycles. The van der Waals surface area contributed by atoms with E-state index in [-0.39, 0.29) is 21.8 Å². The molecule has 2 N–H and O–H groups in total. The smallest absolute Gasteiger partial charge is 0.261 e. The fourth-order valence-corrected chi connectivity index (χ4v) is 3.49. The molecule has 0 fully saturated rings. The first-order chi connectivity index (χ1) is 13.2. The Morgan fingerprint density at radius 2 is 1.54 bits per heavy atom. The highest BCUT2D eigenvalue weighted by Crippen LogP contribution is 2.22. The molecule has 144 valence electrons. The van der Waals surface area contributed by atoms with Gasteiger partial charge in [-0.25, -0.2) is 17.2 Å². The lowest BCUT2D eigenvalue weighted by atomic mass is 10.2. The maximum Gasteiger partial charge on any atom is 0.261 e. The highest BCUT2D eigenvalue weighted by Gasteiger charge is 2.18. The van der Waals surface area contributed by atoms with Crippen molar-refractivity contribution in [3.8, 4) is 0 Å². The van der Waals surface area contributed by atoms with Gasteiger partial charge in [0.05, 0.1) is 10.6 Å². The fourth-order valence-electron chi connectivity index (χ4n) is 2.29. The van der Waals surface area contributed by atoms with Crippen molar-refractivity contribution in [2.45, 2.75) is 4.90 Å². The largest absolute Gasteiger partial charge is 0.319 e. The predicted molar refractivity (Wildman–Crippen MR) is 103 cm³/mol. The summed E-state index contributed by atoms with van der Waals surface area (Å²) in [6.07, 6.45) is 0. The maximum absolute atomic E-state index is 14.3. The van der Waals surface area contributed by atoms with Crippen LogP contribution >= 0.6 is 11.6 Å². The first-order valence-electron chi connectivity index (χ1n) is 7.89. The van der Waals surface area contributed by atoms with Gasteiger partial charge in [0.15, 0.2) is 0 Å². The van der Waals surface area contributed by atoms with Crippen molar-refractivity contribution in [3.05, 3.63) is 89.0 Å². The van der Waals surface area contributed by atoms with Gasteiger partial charge in [-0.15, -0.1) is 0 Å². The molecule has 0 heterocycles. The molecule has 0 saturated heterocycles. The number of halogens is 3. The average Bonchev–Trinajstić information content (AvgIpc) is 2.65. The molecule has 28 heavy (non-hydrogen) atoms. The third-order valence-electron chi connectivity index (χ3n) is 3.70. The van der Waals surface area contributed by atoms with Crippen LogP contribution in [0.5, 0.6) is 0 Å². The van der Waals surface area contributed by atoms with Crippen LogP contribution in [0.25, 0.3) is 0 Å². The standard InChI is InChI=1S/C19H13ClF2N2O3S/c20-13-3-1-12(2-4-13)19(25)23-18-10-9-16(11-17(18)22)28(26,27)24-15-7-5-14(21)6-8-15/h1-11,24H,(H,23,25). The monoisotopic (exact) mass is 422 g/mol. The van der Waals surface area contributed by atoms with E-state index >= 15 is 0 Å². The molecule has 3 rings (SSSR count). The summed E-state index contributed by atoms with van der Waals surface area (Å²) in [5.41, 5.74) is 0.209. The molecular formula is C19H13ClF2N2O3S. The van der Waals surface area contributed by atoms with Crippen molar-refractivity contribution >= 4 is 38.9 Å². The van der Waals surface area contributed by atoms with E-state index in [1.54, 1.807) is 0 Å². The Morgan fingerprint density at radius 1 is 0.893 bits per heavy atom.